The van der Waals surface area contributed by atoms with Crippen molar-refractivity contribution in [3.63, 3.8) is 0 Å². The summed E-state index contributed by atoms with van der Waals surface area (Å²) in [7, 11) is 0. The Morgan fingerprint density at radius 2 is 2.17 bits per heavy atom. The minimum Gasteiger partial charge on any atom is -0.394 e. The van der Waals surface area contributed by atoms with E-state index in [1.807, 2.05) is 6.92 Å². The molecule has 0 aliphatic carbocycles. The van der Waals surface area contributed by atoms with Crippen LogP contribution >= 0.6 is 0 Å². The fourth-order valence-electron chi connectivity index (χ4n) is 1.96. The molecule has 2 N–H and O–H groups in total. The first kappa shape index (κ1) is 14.6. The highest BCUT2D eigenvalue weighted by Crippen LogP contribution is 2.15. The third kappa shape index (κ3) is 3.53. The van der Waals surface area contributed by atoms with Gasteiger partial charge in [-0.05, 0) is 44.0 Å². The number of halogens is 1. The second kappa shape index (κ2) is 5.96. The predicted octanol–water partition coefficient (Wildman–Crippen LogP) is 2.42. The van der Waals surface area contributed by atoms with Gasteiger partial charge in [0, 0.05) is 5.56 Å². The zero-order valence-electron chi connectivity index (χ0n) is 11.1. The van der Waals surface area contributed by atoms with Crippen LogP contribution < -0.4 is 5.32 Å². The zero-order valence-corrected chi connectivity index (χ0v) is 11.1. The summed E-state index contributed by atoms with van der Waals surface area (Å²) in [4.78, 5) is 12.1. The summed E-state index contributed by atoms with van der Waals surface area (Å²) in [6.45, 7) is 5.36. The third-order valence-electron chi connectivity index (χ3n) is 3.00. The van der Waals surface area contributed by atoms with Gasteiger partial charge in [-0.15, -0.1) is 0 Å². The van der Waals surface area contributed by atoms with Gasteiger partial charge in [-0.25, -0.2) is 4.39 Å². The molecule has 0 saturated carbocycles. The molecule has 4 heteroatoms. The van der Waals surface area contributed by atoms with Crippen LogP contribution in [0.5, 0.6) is 0 Å². The van der Waals surface area contributed by atoms with Crippen LogP contribution in [0.4, 0.5) is 4.39 Å². The number of nitrogens with one attached hydrogen (secondary N) is 1. The van der Waals surface area contributed by atoms with Gasteiger partial charge in [-0.3, -0.25) is 4.79 Å². The molecule has 0 aliphatic rings. The van der Waals surface area contributed by atoms with E-state index in [9.17, 15) is 14.3 Å². The molecule has 0 fully saturated rings. The van der Waals surface area contributed by atoms with Crippen LogP contribution in [-0.4, -0.2) is 23.2 Å². The lowest BCUT2D eigenvalue weighted by Crippen LogP contribution is -2.49. The quantitative estimate of drug-likeness (QED) is 0.846. The van der Waals surface area contributed by atoms with Crippen molar-refractivity contribution in [2.75, 3.05) is 6.61 Å². The first-order chi connectivity index (χ1) is 8.41. The van der Waals surface area contributed by atoms with Crippen LogP contribution in [0, 0.1) is 12.7 Å². The summed E-state index contributed by atoms with van der Waals surface area (Å²) < 4.78 is 13.0. The van der Waals surface area contributed by atoms with Crippen LogP contribution in [0.15, 0.2) is 18.2 Å². The van der Waals surface area contributed by atoms with Crippen molar-refractivity contribution in [1.29, 1.82) is 0 Å². The molecular weight excluding hydrogens is 233 g/mol. The monoisotopic (exact) mass is 253 g/mol. The molecular formula is C14H20FNO2. The van der Waals surface area contributed by atoms with E-state index in [0.717, 1.165) is 6.42 Å². The second-order valence-electron chi connectivity index (χ2n) is 4.88. The third-order valence-corrected chi connectivity index (χ3v) is 3.00. The van der Waals surface area contributed by atoms with E-state index in [4.69, 9.17) is 0 Å². The molecule has 0 aromatic heterocycles. The van der Waals surface area contributed by atoms with Crippen molar-refractivity contribution in [3.05, 3.63) is 35.1 Å². The molecule has 1 amide bonds. The summed E-state index contributed by atoms with van der Waals surface area (Å²) in [6, 6.07) is 4.05. The van der Waals surface area contributed by atoms with Crippen LogP contribution in [0.2, 0.25) is 0 Å². The number of carbonyl (C=O) groups excluding carboxylic acids is 1. The Bertz CT molecular complexity index is 434. The van der Waals surface area contributed by atoms with Gasteiger partial charge in [0.05, 0.1) is 12.1 Å². The van der Waals surface area contributed by atoms with Crippen molar-refractivity contribution in [2.45, 2.75) is 39.2 Å². The summed E-state index contributed by atoms with van der Waals surface area (Å²) in [5.41, 5.74) is 0.392. The number of benzene rings is 1. The summed E-state index contributed by atoms with van der Waals surface area (Å²) in [5.74, 6) is -0.639. The summed E-state index contributed by atoms with van der Waals surface area (Å²) in [6.07, 6.45) is 1.55. The van der Waals surface area contributed by atoms with Gasteiger partial charge in [0.15, 0.2) is 0 Å². The minimum absolute atomic E-state index is 0.118. The van der Waals surface area contributed by atoms with Crippen LogP contribution in [0.1, 0.15) is 42.6 Å². The Balaban J connectivity index is 2.87. The van der Waals surface area contributed by atoms with Crippen LogP contribution in [-0.2, 0) is 0 Å². The zero-order chi connectivity index (χ0) is 13.8. The summed E-state index contributed by atoms with van der Waals surface area (Å²) >= 11 is 0. The topological polar surface area (TPSA) is 49.3 Å². The number of hydrogen-bond acceptors (Lipinski definition) is 2. The van der Waals surface area contributed by atoms with E-state index < -0.39 is 5.54 Å². The Kier molecular flexibility index (Phi) is 4.84. The molecule has 1 rings (SSSR count). The SMILES string of the molecule is CCC[C@](C)(CO)NC(=O)c1ccc(F)cc1C. The fraction of sp³-hybridized carbons (Fsp3) is 0.500. The first-order valence-corrected chi connectivity index (χ1v) is 6.11. The van der Waals surface area contributed by atoms with Gasteiger partial charge in [-0.2, -0.15) is 0 Å². The minimum atomic E-state index is -0.632. The van der Waals surface area contributed by atoms with Gasteiger partial charge >= 0.3 is 0 Å². The van der Waals surface area contributed by atoms with E-state index >= 15 is 0 Å². The van der Waals surface area contributed by atoms with Crippen molar-refractivity contribution < 1.29 is 14.3 Å². The number of aryl methyl sites for hydroxylation is 1. The van der Waals surface area contributed by atoms with Crippen molar-refractivity contribution in [3.8, 4) is 0 Å². The maximum absolute atomic E-state index is 13.0. The maximum Gasteiger partial charge on any atom is 0.252 e. The number of aliphatic hydroxyl groups excluding tert-OH is 1. The molecule has 1 atom stereocenters. The van der Waals surface area contributed by atoms with E-state index in [1.165, 1.54) is 18.2 Å². The molecule has 0 aliphatic heterocycles. The second-order valence-corrected chi connectivity index (χ2v) is 4.88. The average molecular weight is 253 g/mol. The Labute approximate surface area is 107 Å². The number of aliphatic hydroxyl groups is 1. The molecule has 18 heavy (non-hydrogen) atoms. The van der Waals surface area contributed by atoms with Crippen molar-refractivity contribution in [1.82, 2.24) is 5.32 Å². The molecule has 100 valence electrons. The van der Waals surface area contributed by atoms with E-state index in [2.05, 4.69) is 5.32 Å². The normalized spacial score (nSPS) is 14.1. The van der Waals surface area contributed by atoms with Gasteiger partial charge in [0.2, 0.25) is 0 Å². The van der Waals surface area contributed by atoms with E-state index in [1.54, 1.807) is 13.8 Å². The number of carbonyl (C=O) groups is 1. The fourth-order valence-corrected chi connectivity index (χ4v) is 1.96. The van der Waals surface area contributed by atoms with Gasteiger partial charge in [0.25, 0.3) is 5.91 Å². The smallest absolute Gasteiger partial charge is 0.252 e. The Morgan fingerprint density at radius 1 is 1.50 bits per heavy atom. The highest BCUT2D eigenvalue weighted by molar-refractivity contribution is 5.96. The molecule has 0 spiro atoms. The van der Waals surface area contributed by atoms with E-state index in [-0.39, 0.29) is 18.3 Å². The lowest BCUT2D eigenvalue weighted by Gasteiger charge is -2.28. The lowest BCUT2D eigenvalue weighted by atomic mass is 9.96. The average Bonchev–Trinajstić information content (AvgIpc) is 2.28. The molecule has 0 unspecified atom stereocenters. The van der Waals surface area contributed by atoms with Gasteiger partial charge < -0.3 is 10.4 Å². The van der Waals surface area contributed by atoms with Crippen LogP contribution in [0.25, 0.3) is 0 Å². The first-order valence-electron chi connectivity index (χ1n) is 6.11. The van der Waals surface area contributed by atoms with Gasteiger partial charge in [0.1, 0.15) is 5.82 Å². The summed E-state index contributed by atoms with van der Waals surface area (Å²) in [5, 5.41) is 12.2. The Hall–Kier alpha value is -1.42. The van der Waals surface area contributed by atoms with E-state index in [0.29, 0.717) is 17.5 Å². The highest BCUT2D eigenvalue weighted by atomic mass is 19.1. The number of rotatable bonds is 5. The number of amides is 1. The lowest BCUT2D eigenvalue weighted by molar-refractivity contribution is 0.0840. The molecule has 3 nitrogen and oxygen atoms in total. The molecule has 0 bridgehead atoms. The van der Waals surface area contributed by atoms with Crippen LogP contribution in [0.3, 0.4) is 0 Å². The Morgan fingerprint density at radius 3 is 2.67 bits per heavy atom. The maximum atomic E-state index is 13.0. The molecule has 0 saturated heterocycles. The number of hydrogen-bond donors (Lipinski definition) is 2. The largest absolute Gasteiger partial charge is 0.394 e. The van der Waals surface area contributed by atoms with Crippen molar-refractivity contribution in [2.24, 2.45) is 0 Å². The highest BCUT2D eigenvalue weighted by Gasteiger charge is 2.25. The molecule has 1 aromatic carbocycles. The van der Waals surface area contributed by atoms with Crippen molar-refractivity contribution >= 4 is 5.91 Å². The molecule has 0 radical (unpaired) electrons. The standard InChI is InChI=1S/C14H20FNO2/c1-4-7-14(3,9-17)16-13(18)12-6-5-11(15)8-10(12)2/h5-6,8,17H,4,7,9H2,1-3H3,(H,16,18)/t14-/m1/s1. The van der Waals surface area contributed by atoms with Gasteiger partial charge in [-0.1, -0.05) is 13.3 Å². The predicted molar refractivity (Wildman–Crippen MR) is 69.0 cm³/mol. The molecule has 0 heterocycles. The molecule has 1 aromatic rings.